The predicted molar refractivity (Wildman–Crippen MR) is 41.3 cm³/mol. The van der Waals surface area contributed by atoms with Crippen molar-refractivity contribution in [1.29, 1.82) is 0 Å². The van der Waals surface area contributed by atoms with E-state index in [2.05, 4.69) is 15.2 Å². The van der Waals surface area contributed by atoms with E-state index in [0.29, 0.717) is 0 Å². The summed E-state index contributed by atoms with van der Waals surface area (Å²) in [6.07, 6.45) is 2.41. The Balaban J connectivity index is 0.000000605. The number of hydrogen-bond acceptors (Lipinski definition) is 2. The van der Waals surface area contributed by atoms with Crippen LogP contribution in [-0.4, -0.2) is 37.0 Å². The molecule has 0 atom stereocenters. The molecule has 0 aromatic rings. The van der Waals surface area contributed by atoms with Crippen molar-refractivity contribution >= 4 is 5.96 Å². The van der Waals surface area contributed by atoms with Crippen LogP contribution < -0.4 is 0 Å². The van der Waals surface area contributed by atoms with Crippen LogP contribution in [0.25, 0.3) is 5.32 Å². The number of fused-ring (bicyclic) bond motifs is 1. The van der Waals surface area contributed by atoms with Crippen LogP contribution in [0.3, 0.4) is 0 Å². The van der Waals surface area contributed by atoms with Crippen LogP contribution in [0.2, 0.25) is 0 Å². The Bertz CT molecular complexity index is 161. The van der Waals surface area contributed by atoms with Gasteiger partial charge in [0.25, 0.3) is 0 Å². The first-order valence-electron chi connectivity index (χ1n) is 3.94. The number of guanidine groups is 1. The van der Waals surface area contributed by atoms with Gasteiger partial charge in [-0.1, -0.05) is 0 Å². The summed E-state index contributed by atoms with van der Waals surface area (Å²) < 4.78 is 0. The van der Waals surface area contributed by atoms with Crippen molar-refractivity contribution < 1.29 is 42.1 Å². The normalized spacial score (nSPS) is 20.7. The van der Waals surface area contributed by atoms with Crippen LogP contribution >= 0.6 is 0 Å². The molecule has 0 N–H and O–H groups in total. The molecule has 0 aromatic carbocycles. The third-order valence-electron chi connectivity index (χ3n) is 1.96. The van der Waals surface area contributed by atoms with Crippen LogP contribution in [0.4, 0.5) is 0 Å². The molecule has 0 amide bonds. The summed E-state index contributed by atoms with van der Waals surface area (Å²) in [6, 6.07) is 0. The monoisotopic (exact) mass is 506 g/mol. The fraction of sp³-hybridized carbons (Fsp3) is 0.857. The summed E-state index contributed by atoms with van der Waals surface area (Å²) in [5.74, 6) is 1.01. The van der Waals surface area contributed by atoms with Crippen molar-refractivity contribution in [2.45, 2.75) is 12.8 Å². The molecule has 68 valence electrons. The van der Waals surface area contributed by atoms with E-state index in [4.69, 9.17) is 0 Å². The van der Waals surface area contributed by atoms with E-state index in [0.717, 1.165) is 19.0 Å². The first-order chi connectivity index (χ1) is 4.97. The second-order valence-electron chi connectivity index (χ2n) is 2.76. The van der Waals surface area contributed by atoms with Crippen molar-refractivity contribution in [3.63, 3.8) is 0 Å². The predicted octanol–water partition coefficient (Wildman–Crippen LogP) is 0.821. The van der Waals surface area contributed by atoms with Gasteiger partial charge in [-0.2, -0.15) is 0 Å². The molecule has 12 heavy (non-hydrogen) atoms. The Labute approximate surface area is 102 Å². The molecule has 0 bridgehead atoms. The van der Waals surface area contributed by atoms with Crippen molar-refractivity contribution in [1.82, 2.24) is 4.90 Å². The van der Waals surface area contributed by atoms with Gasteiger partial charge in [0.05, 0.1) is 0 Å². The van der Waals surface area contributed by atoms with Gasteiger partial charge in [0, 0.05) is 48.1 Å². The first kappa shape index (κ1) is 12.6. The Hall–Kier alpha value is 0.647. The zero-order chi connectivity index (χ0) is 6.81. The van der Waals surface area contributed by atoms with E-state index < -0.39 is 0 Å². The quantitative estimate of drug-likeness (QED) is 0.479. The average Bonchev–Trinajstić information content (AvgIpc) is 2.05. The smallest absolute Gasteiger partial charge is 0.00912 e. The Kier molecular flexibility index (Phi) is 6.49. The van der Waals surface area contributed by atoms with Crippen molar-refractivity contribution in [2.24, 2.45) is 4.99 Å². The topological polar surface area (TPSA) is 29.7 Å². The summed E-state index contributed by atoms with van der Waals surface area (Å²) in [5.41, 5.74) is 0. The summed E-state index contributed by atoms with van der Waals surface area (Å²) in [5, 5.41) is 4.33. The van der Waals surface area contributed by atoms with E-state index >= 15 is 0 Å². The molecule has 2 rings (SSSR count). The summed E-state index contributed by atoms with van der Waals surface area (Å²) in [4.78, 5) is 6.61. The van der Waals surface area contributed by atoms with E-state index in [1.807, 2.05) is 0 Å². The largest absolute Gasteiger partial charge is 0.426 e. The van der Waals surface area contributed by atoms with Gasteiger partial charge >= 0.3 is 0 Å². The minimum Gasteiger partial charge on any atom is -0.426 e. The molecule has 0 unspecified atom stereocenters. The molecule has 1 saturated heterocycles. The molecular weight excluding hydrogens is 494 g/mol. The number of aliphatic imine (C=N–C) groups is 1. The van der Waals surface area contributed by atoms with Crippen LogP contribution in [0.1, 0.15) is 12.8 Å². The Morgan fingerprint density at radius 2 is 1.92 bits per heavy atom. The van der Waals surface area contributed by atoms with Crippen molar-refractivity contribution in [3.05, 3.63) is 5.32 Å². The summed E-state index contributed by atoms with van der Waals surface area (Å²) in [7, 11) is 0. The maximum atomic E-state index is 4.33. The van der Waals surface area contributed by atoms with Gasteiger partial charge in [-0.05, 0) is 39.0 Å². The van der Waals surface area contributed by atoms with Crippen LogP contribution in [-0.2, 0) is 42.1 Å². The molecule has 0 aromatic heterocycles. The van der Waals surface area contributed by atoms with Gasteiger partial charge in [0.1, 0.15) is 0 Å². The van der Waals surface area contributed by atoms with Gasteiger partial charge in [0.15, 0.2) is 0 Å². The maximum Gasteiger partial charge on any atom is 0.00912 e. The van der Waals surface area contributed by atoms with E-state index in [9.17, 15) is 0 Å². The second-order valence-corrected chi connectivity index (χ2v) is 2.76. The SMILES string of the molecule is C1CN=C2[N-]CCCN2C1.[W].[W]. The minimum absolute atomic E-state index is 0. The first-order valence-corrected chi connectivity index (χ1v) is 3.94. The van der Waals surface area contributed by atoms with Crippen LogP contribution in [0, 0.1) is 0 Å². The number of rotatable bonds is 0. The standard InChI is InChI=1S/C7H12N3.2W/c1-3-8-7-9-4-2-6-10(7)5-1;;/h1-6H2;;/q-1;;. The van der Waals surface area contributed by atoms with E-state index in [1.54, 1.807) is 0 Å². The van der Waals surface area contributed by atoms with E-state index in [1.165, 1.54) is 25.9 Å². The summed E-state index contributed by atoms with van der Waals surface area (Å²) in [6.45, 7) is 4.30. The van der Waals surface area contributed by atoms with Gasteiger partial charge in [-0.3, -0.25) is 0 Å². The molecule has 0 saturated carbocycles. The molecule has 3 nitrogen and oxygen atoms in total. The van der Waals surface area contributed by atoms with Crippen LogP contribution in [0.15, 0.2) is 4.99 Å². The van der Waals surface area contributed by atoms with E-state index in [-0.39, 0.29) is 42.1 Å². The minimum atomic E-state index is 0. The zero-order valence-electron chi connectivity index (χ0n) is 6.90. The number of nitrogens with zero attached hydrogens (tertiary/aromatic N) is 3. The fourth-order valence-electron chi connectivity index (χ4n) is 1.44. The molecular formula is C7H12N3W2-. The molecule has 0 aliphatic carbocycles. The Morgan fingerprint density at radius 1 is 1.17 bits per heavy atom. The van der Waals surface area contributed by atoms with Crippen molar-refractivity contribution in [2.75, 3.05) is 26.2 Å². The molecule has 2 heterocycles. The molecule has 0 spiro atoms. The molecule has 2 aliphatic heterocycles. The fourth-order valence-corrected chi connectivity index (χ4v) is 1.44. The zero-order valence-corrected chi connectivity index (χ0v) is 12.8. The molecule has 0 radical (unpaired) electrons. The summed E-state index contributed by atoms with van der Waals surface area (Å²) >= 11 is 0. The van der Waals surface area contributed by atoms with Gasteiger partial charge < -0.3 is 15.2 Å². The maximum absolute atomic E-state index is 4.33. The third-order valence-corrected chi connectivity index (χ3v) is 1.96. The van der Waals surface area contributed by atoms with Gasteiger partial charge in [-0.15, -0.1) is 0 Å². The average molecular weight is 506 g/mol. The molecule has 1 fully saturated rings. The van der Waals surface area contributed by atoms with Gasteiger partial charge in [0.2, 0.25) is 0 Å². The third kappa shape index (κ3) is 2.85. The second kappa shape index (κ2) is 6.15. The number of hydrogen-bond donors (Lipinski definition) is 0. The van der Waals surface area contributed by atoms with Crippen molar-refractivity contribution in [3.8, 4) is 0 Å². The van der Waals surface area contributed by atoms with Crippen LogP contribution in [0.5, 0.6) is 0 Å². The Morgan fingerprint density at radius 3 is 2.67 bits per heavy atom. The van der Waals surface area contributed by atoms with Gasteiger partial charge in [-0.25, -0.2) is 0 Å². The molecule has 5 heteroatoms. The molecule has 2 aliphatic rings.